The van der Waals surface area contributed by atoms with Gasteiger partial charge in [0.25, 0.3) is 0 Å². The van der Waals surface area contributed by atoms with Gasteiger partial charge in [-0.05, 0) is 18.9 Å². The topological polar surface area (TPSA) is 62.3 Å². The van der Waals surface area contributed by atoms with Gasteiger partial charge in [0.2, 0.25) is 0 Å². The van der Waals surface area contributed by atoms with E-state index in [9.17, 15) is 0 Å². The highest BCUT2D eigenvalue weighted by molar-refractivity contribution is 5.08. The predicted octanol–water partition coefficient (Wildman–Crippen LogP) is 1.73. The van der Waals surface area contributed by atoms with Crippen molar-refractivity contribution >= 4 is 0 Å². The summed E-state index contributed by atoms with van der Waals surface area (Å²) in [5, 5.41) is 4.31. The molecule has 1 aromatic rings. The van der Waals surface area contributed by atoms with Crippen LogP contribution in [0.3, 0.4) is 0 Å². The molecule has 2 N–H and O–H groups in total. The smallest absolute Gasteiger partial charge is 0.0779 e. The molecule has 1 rings (SSSR count). The van der Waals surface area contributed by atoms with Gasteiger partial charge in [-0.25, -0.2) is 0 Å². The average molecular weight is 255 g/mol. The Balaban J connectivity index is 2.66. The number of aromatic nitrogens is 2. The van der Waals surface area contributed by atoms with E-state index in [-0.39, 0.29) is 12.1 Å². The van der Waals surface area contributed by atoms with Gasteiger partial charge in [-0.15, -0.1) is 0 Å². The standard InChI is InChI=1S/C13H25N3O2/c1-4-6-12(18-3)13(14)11-7-8-15-16(11)9-5-10-17-2/h7-8,12-13H,4-6,9-10,14H2,1-3H3. The number of hydrogen-bond donors (Lipinski definition) is 1. The number of hydrogen-bond acceptors (Lipinski definition) is 4. The number of ether oxygens (including phenoxy) is 2. The minimum absolute atomic E-state index is 0.0490. The van der Waals surface area contributed by atoms with E-state index in [4.69, 9.17) is 15.2 Å². The molecule has 0 saturated heterocycles. The molecular formula is C13H25N3O2. The molecule has 2 unspecified atom stereocenters. The first-order valence-corrected chi connectivity index (χ1v) is 6.53. The van der Waals surface area contributed by atoms with Crippen molar-refractivity contribution in [2.75, 3.05) is 20.8 Å². The highest BCUT2D eigenvalue weighted by Gasteiger charge is 2.21. The molecule has 5 heteroatoms. The summed E-state index contributed by atoms with van der Waals surface area (Å²) in [5.41, 5.74) is 7.30. The fraction of sp³-hybridized carbons (Fsp3) is 0.769. The molecule has 0 saturated carbocycles. The molecule has 5 nitrogen and oxygen atoms in total. The number of aryl methyl sites for hydroxylation is 1. The molecular weight excluding hydrogens is 230 g/mol. The highest BCUT2D eigenvalue weighted by atomic mass is 16.5. The summed E-state index contributed by atoms with van der Waals surface area (Å²) < 4.78 is 12.5. The lowest BCUT2D eigenvalue weighted by Gasteiger charge is -2.23. The number of nitrogens with two attached hydrogens (primary N) is 1. The van der Waals surface area contributed by atoms with Crippen LogP contribution in [0.5, 0.6) is 0 Å². The van der Waals surface area contributed by atoms with Crippen LogP contribution in [0.1, 0.15) is 37.9 Å². The molecule has 0 bridgehead atoms. The quantitative estimate of drug-likeness (QED) is 0.683. The molecule has 0 aliphatic carbocycles. The van der Waals surface area contributed by atoms with Gasteiger partial charge in [0.1, 0.15) is 0 Å². The number of nitrogens with zero attached hydrogens (tertiary/aromatic N) is 2. The fourth-order valence-corrected chi connectivity index (χ4v) is 2.09. The molecule has 0 aliphatic rings. The summed E-state index contributed by atoms with van der Waals surface area (Å²) in [6.45, 7) is 3.69. The van der Waals surface area contributed by atoms with Crippen molar-refractivity contribution in [2.24, 2.45) is 5.73 Å². The van der Waals surface area contributed by atoms with Gasteiger partial charge in [-0.2, -0.15) is 5.10 Å². The van der Waals surface area contributed by atoms with E-state index in [1.165, 1.54) is 0 Å². The van der Waals surface area contributed by atoms with Gasteiger partial charge in [0, 0.05) is 33.6 Å². The number of methoxy groups -OCH3 is 2. The third-order valence-electron chi connectivity index (χ3n) is 3.09. The molecule has 0 aliphatic heterocycles. The van der Waals surface area contributed by atoms with E-state index in [2.05, 4.69) is 12.0 Å². The van der Waals surface area contributed by atoms with Crippen LogP contribution in [0.2, 0.25) is 0 Å². The van der Waals surface area contributed by atoms with Crippen molar-refractivity contribution < 1.29 is 9.47 Å². The molecule has 0 fully saturated rings. The van der Waals surface area contributed by atoms with Crippen molar-refractivity contribution in [3.63, 3.8) is 0 Å². The molecule has 1 aromatic heterocycles. The molecule has 1 heterocycles. The predicted molar refractivity (Wildman–Crippen MR) is 71.4 cm³/mol. The third kappa shape index (κ3) is 4.08. The zero-order chi connectivity index (χ0) is 13.4. The van der Waals surface area contributed by atoms with Crippen molar-refractivity contribution in [3.05, 3.63) is 18.0 Å². The maximum absolute atomic E-state index is 6.27. The summed E-state index contributed by atoms with van der Waals surface area (Å²) in [5.74, 6) is 0. The summed E-state index contributed by atoms with van der Waals surface area (Å²) in [6.07, 6.45) is 4.79. The normalized spacial score (nSPS) is 14.7. The van der Waals surface area contributed by atoms with Gasteiger partial charge in [0.05, 0.1) is 17.8 Å². The third-order valence-corrected chi connectivity index (χ3v) is 3.09. The molecule has 0 radical (unpaired) electrons. The van der Waals surface area contributed by atoms with E-state index in [0.29, 0.717) is 0 Å². The summed E-state index contributed by atoms with van der Waals surface area (Å²) in [4.78, 5) is 0. The van der Waals surface area contributed by atoms with Gasteiger partial charge < -0.3 is 15.2 Å². The fourth-order valence-electron chi connectivity index (χ4n) is 2.09. The van der Waals surface area contributed by atoms with E-state index in [1.54, 1.807) is 20.4 Å². The van der Waals surface area contributed by atoms with Crippen molar-refractivity contribution in [1.29, 1.82) is 0 Å². The Kier molecular flexibility index (Phi) is 6.93. The largest absolute Gasteiger partial charge is 0.385 e. The molecule has 0 aromatic carbocycles. The van der Waals surface area contributed by atoms with Crippen LogP contribution >= 0.6 is 0 Å². The maximum Gasteiger partial charge on any atom is 0.0779 e. The molecule has 2 atom stereocenters. The van der Waals surface area contributed by atoms with Gasteiger partial charge >= 0.3 is 0 Å². The Morgan fingerprint density at radius 1 is 1.44 bits per heavy atom. The SMILES string of the molecule is CCCC(OC)C(N)c1ccnn1CCCOC. The minimum Gasteiger partial charge on any atom is -0.385 e. The van der Waals surface area contributed by atoms with Crippen LogP contribution in [0.4, 0.5) is 0 Å². The van der Waals surface area contributed by atoms with Crippen LogP contribution in [-0.4, -0.2) is 36.7 Å². The summed E-state index contributed by atoms with van der Waals surface area (Å²) in [6, 6.07) is 1.85. The van der Waals surface area contributed by atoms with Crippen molar-refractivity contribution in [1.82, 2.24) is 9.78 Å². The Labute approximate surface area is 109 Å². The zero-order valence-corrected chi connectivity index (χ0v) is 11.6. The monoisotopic (exact) mass is 255 g/mol. The Hall–Kier alpha value is -0.910. The first kappa shape index (κ1) is 15.1. The zero-order valence-electron chi connectivity index (χ0n) is 11.6. The Morgan fingerprint density at radius 2 is 2.22 bits per heavy atom. The lowest BCUT2D eigenvalue weighted by atomic mass is 10.0. The van der Waals surface area contributed by atoms with Crippen LogP contribution in [0.25, 0.3) is 0 Å². The van der Waals surface area contributed by atoms with E-state index < -0.39 is 0 Å². The van der Waals surface area contributed by atoms with E-state index in [0.717, 1.165) is 38.1 Å². The first-order valence-electron chi connectivity index (χ1n) is 6.53. The minimum atomic E-state index is -0.125. The summed E-state index contributed by atoms with van der Waals surface area (Å²) in [7, 11) is 3.42. The van der Waals surface area contributed by atoms with E-state index >= 15 is 0 Å². The maximum atomic E-state index is 6.27. The van der Waals surface area contributed by atoms with Crippen LogP contribution < -0.4 is 5.73 Å². The molecule has 0 spiro atoms. The Bertz CT molecular complexity index is 328. The second-order valence-electron chi connectivity index (χ2n) is 4.41. The second-order valence-corrected chi connectivity index (χ2v) is 4.41. The lowest BCUT2D eigenvalue weighted by Crippen LogP contribution is -2.30. The van der Waals surface area contributed by atoms with Gasteiger partial charge in [-0.3, -0.25) is 4.68 Å². The second kappa shape index (κ2) is 8.24. The van der Waals surface area contributed by atoms with Crippen LogP contribution in [0, 0.1) is 0 Å². The van der Waals surface area contributed by atoms with Crippen LogP contribution in [-0.2, 0) is 16.0 Å². The average Bonchev–Trinajstić information content (AvgIpc) is 2.84. The molecule has 104 valence electrons. The van der Waals surface area contributed by atoms with Gasteiger partial charge in [-0.1, -0.05) is 13.3 Å². The molecule has 0 amide bonds. The molecule has 18 heavy (non-hydrogen) atoms. The van der Waals surface area contributed by atoms with Crippen molar-refractivity contribution in [2.45, 2.75) is 44.9 Å². The lowest BCUT2D eigenvalue weighted by molar-refractivity contribution is 0.0698. The summed E-state index contributed by atoms with van der Waals surface area (Å²) >= 11 is 0. The Morgan fingerprint density at radius 3 is 2.83 bits per heavy atom. The highest BCUT2D eigenvalue weighted by Crippen LogP contribution is 2.19. The first-order chi connectivity index (χ1) is 8.74. The van der Waals surface area contributed by atoms with Crippen molar-refractivity contribution in [3.8, 4) is 0 Å². The van der Waals surface area contributed by atoms with E-state index in [1.807, 2.05) is 10.7 Å². The van der Waals surface area contributed by atoms with Gasteiger partial charge in [0.15, 0.2) is 0 Å². The van der Waals surface area contributed by atoms with Crippen LogP contribution in [0.15, 0.2) is 12.3 Å². The number of rotatable bonds is 9.